The number of urea groups is 1. The zero-order valence-corrected chi connectivity index (χ0v) is 16.0. The fourth-order valence-corrected chi connectivity index (χ4v) is 3.43. The van der Waals surface area contributed by atoms with Gasteiger partial charge in [-0.05, 0) is 42.7 Å². The molecule has 0 unspecified atom stereocenters. The number of ether oxygens (including phenoxy) is 1. The number of carbonyl (C=O) groups excluding carboxylic acids is 1. The number of H-pyrrole nitrogens is 1. The molecule has 3 heterocycles. The topological polar surface area (TPSA) is 83.1 Å². The van der Waals surface area contributed by atoms with E-state index in [-0.39, 0.29) is 12.1 Å². The summed E-state index contributed by atoms with van der Waals surface area (Å²) in [5, 5.41) is 2.99. The molecular weight excluding hydrogens is 354 g/mol. The minimum Gasteiger partial charge on any atom is -0.373 e. The number of nitrogens with zero attached hydrogens (tertiary/aromatic N) is 3. The number of likely N-dealkylation sites (tertiary alicyclic amines) is 1. The monoisotopic (exact) mass is 379 g/mol. The molecule has 1 fully saturated rings. The Kier molecular flexibility index (Phi) is 5.53. The lowest BCUT2D eigenvalue weighted by Crippen LogP contribution is -2.43. The quantitative estimate of drug-likeness (QED) is 0.707. The maximum Gasteiger partial charge on any atom is 0.321 e. The average Bonchev–Trinajstić information content (AvgIpc) is 3.16. The first-order valence-corrected chi connectivity index (χ1v) is 9.76. The number of aromatic amines is 1. The number of nitrogens with one attached hydrogen (secondary N) is 2. The number of anilines is 1. The van der Waals surface area contributed by atoms with Gasteiger partial charge in [-0.3, -0.25) is 4.98 Å². The molecule has 0 aliphatic carbocycles. The predicted octanol–water partition coefficient (Wildman–Crippen LogP) is 3.73. The van der Waals surface area contributed by atoms with Crippen molar-refractivity contribution in [2.75, 3.05) is 18.4 Å². The molecule has 0 radical (unpaired) electrons. The SMILES string of the molecule is CCc1nc2ccc(NC(=O)N3CCC(OCc4cccnc4)CC3)cc2[nH]1. The van der Waals surface area contributed by atoms with Crippen molar-refractivity contribution in [2.45, 2.75) is 38.9 Å². The summed E-state index contributed by atoms with van der Waals surface area (Å²) in [5.41, 5.74) is 3.71. The number of amides is 2. The zero-order chi connectivity index (χ0) is 19.3. The van der Waals surface area contributed by atoms with Crippen LogP contribution in [0.3, 0.4) is 0 Å². The molecule has 0 spiro atoms. The van der Waals surface area contributed by atoms with Gasteiger partial charge in [-0.25, -0.2) is 9.78 Å². The molecule has 1 saturated heterocycles. The fourth-order valence-electron chi connectivity index (χ4n) is 3.43. The van der Waals surface area contributed by atoms with Gasteiger partial charge in [0.25, 0.3) is 0 Å². The molecule has 1 aliphatic heterocycles. The van der Waals surface area contributed by atoms with Crippen LogP contribution in [0.2, 0.25) is 0 Å². The highest BCUT2D eigenvalue weighted by Crippen LogP contribution is 2.20. The van der Waals surface area contributed by atoms with Crippen LogP contribution in [0.5, 0.6) is 0 Å². The van der Waals surface area contributed by atoms with E-state index in [0.29, 0.717) is 19.7 Å². The van der Waals surface area contributed by atoms with Crippen LogP contribution < -0.4 is 5.32 Å². The number of fused-ring (bicyclic) bond motifs is 1. The van der Waals surface area contributed by atoms with Crippen LogP contribution in [-0.4, -0.2) is 45.1 Å². The van der Waals surface area contributed by atoms with Gasteiger partial charge in [0, 0.05) is 37.6 Å². The second kappa shape index (κ2) is 8.39. The van der Waals surface area contributed by atoms with E-state index in [2.05, 4.69) is 27.2 Å². The third-order valence-corrected chi connectivity index (χ3v) is 5.05. The number of benzene rings is 1. The number of aromatic nitrogens is 3. The van der Waals surface area contributed by atoms with E-state index in [1.54, 1.807) is 6.20 Å². The van der Waals surface area contributed by atoms with Crippen molar-refractivity contribution in [1.29, 1.82) is 0 Å². The summed E-state index contributed by atoms with van der Waals surface area (Å²) in [5.74, 6) is 0.951. The predicted molar refractivity (Wildman–Crippen MR) is 108 cm³/mol. The summed E-state index contributed by atoms with van der Waals surface area (Å²) in [6, 6.07) is 9.61. The molecule has 4 rings (SSSR count). The molecule has 2 N–H and O–H groups in total. The van der Waals surface area contributed by atoms with Crippen molar-refractivity contribution >= 4 is 22.8 Å². The lowest BCUT2D eigenvalue weighted by Gasteiger charge is -2.32. The summed E-state index contributed by atoms with van der Waals surface area (Å²) in [6.07, 6.45) is 6.29. The van der Waals surface area contributed by atoms with Crippen LogP contribution in [0.25, 0.3) is 11.0 Å². The number of aryl methyl sites for hydroxylation is 1. The summed E-state index contributed by atoms with van der Waals surface area (Å²) < 4.78 is 5.97. The van der Waals surface area contributed by atoms with E-state index in [0.717, 1.165) is 47.4 Å². The van der Waals surface area contributed by atoms with E-state index in [1.807, 2.05) is 41.4 Å². The first kappa shape index (κ1) is 18.4. The molecule has 1 aliphatic rings. The number of hydrogen-bond donors (Lipinski definition) is 2. The van der Waals surface area contributed by atoms with Gasteiger partial charge in [0.1, 0.15) is 5.82 Å². The Labute approximate surface area is 164 Å². The van der Waals surface area contributed by atoms with Gasteiger partial charge in [0.15, 0.2) is 0 Å². The van der Waals surface area contributed by atoms with Gasteiger partial charge in [-0.1, -0.05) is 13.0 Å². The maximum atomic E-state index is 12.6. The highest BCUT2D eigenvalue weighted by molar-refractivity contribution is 5.92. The molecule has 3 aromatic rings. The molecule has 0 saturated carbocycles. The molecule has 7 nitrogen and oxygen atoms in total. The first-order valence-electron chi connectivity index (χ1n) is 9.76. The maximum absolute atomic E-state index is 12.6. The van der Waals surface area contributed by atoms with Gasteiger partial charge in [0.2, 0.25) is 0 Å². The van der Waals surface area contributed by atoms with Crippen LogP contribution in [0.15, 0.2) is 42.7 Å². The molecule has 1 aromatic carbocycles. The smallest absolute Gasteiger partial charge is 0.321 e. The largest absolute Gasteiger partial charge is 0.373 e. The Bertz CT molecular complexity index is 932. The summed E-state index contributed by atoms with van der Waals surface area (Å²) in [7, 11) is 0. The van der Waals surface area contributed by atoms with Gasteiger partial charge >= 0.3 is 6.03 Å². The molecule has 0 bridgehead atoms. The van der Waals surface area contributed by atoms with Crippen molar-refractivity contribution in [3.05, 3.63) is 54.1 Å². The van der Waals surface area contributed by atoms with E-state index in [9.17, 15) is 4.79 Å². The third kappa shape index (κ3) is 4.31. The van der Waals surface area contributed by atoms with Gasteiger partial charge in [0.05, 0.1) is 23.7 Å². The Morgan fingerprint density at radius 3 is 2.93 bits per heavy atom. The number of carbonyl (C=O) groups is 1. The number of piperidine rings is 1. The first-order chi connectivity index (χ1) is 13.7. The number of hydrogen-bond acceptors (Lipinski definition) is 4. The van der Waals surface area contributed by atoms with Crippen LogP contribution in [0.4, 0.5) is 10.5 Å². The Morgan fingerprint density at radius 1 is 1.32 bits per heavy atom. The Balaban J connectivity index is 1.28. The molecule has 7 heteroatoms. The molecule has 2 amide bonds. The van der Waals surface area contributed by atoms with Crippen molar-refractivity contribution < 1.29 is 9.53 Å². The zero-order valence-electron chi connectivity index (χ0n) is 16.0. The van der Waals surface area contributed by atoms with E-state index in [4.69, 9.17) is 4.74 Å². The van der Waals surface area contributed by atoms with Gasteiger partial charge in [-0.15, -0.1) is 0 Å². The second-order valence-electron chi connectivity index (χ2n) is 7.06. The van der Waals surface area contributed by atoms with Crippen LogP contribution in [0, 0.1) is 0 Å². The minimum absolute atomic E-state index is 0.0692. The number of pyridine rings is 1. The highest BCUT2D eigenvalue weighted by atomic mass is 16.5. The van der Waals surface area contributed by atoms with Crippen molar-refractivity contribution in [2.24, 2.45) is 0 Å². The molecule has 146 valence electrons. The lowest BCUT2D eigenvalue weighted by atomic mass is 10.1. The molecule has 2 aromatic heterocycles. The molecular formula is C21H25N5O2. The molecule has 28 heavy (non-hydrogen) atoms. The summed E-state index contributed by atoms with van der Waals surface area (Å²) in [6.45, 7) is 4.00. The lowest BCUT2D eigenvalue weighted by molar-refractivity contribution is 0.00530. The van der Waals surface area contributed by atoms with E-state index < -0.39 is 0 Å². The number of imidazole rings is 1. The van der Waals surface area contributed by atoms with E-state index >= 15 is 0 Å². The standard InChI is InChI=1S/C21H25N5O2/c1-2-20-24-18-6-5-16(12-19(18)25-20)23-21(27)26-10-7-17(8-11-26)28-14-15-4-3-9-22-13-15/h3-6,9,12-13,17H,2,7-8,10-11,14H2,1H3,(H,23,27)(H,24,25). The van der Waals surface area contributed by atoms with Crippen LogP contribution >= 0.6 is 0 Å². The van der Waals surface area contributed by atoms with Gasteiger partial charge in [-0.2, -0.15) is 0 Å². The fraction of sp³-hybridized carbons (Fsp3) is 0.381. The highest BCUT2D eigenvalue weighted by Gasteiger charge is 2.23. The second-order valence-corrected chi connectivity index (χ2v) is 7.06. The summed E-state index contributed by atoms with van der Waals surface area (Å²) >= 11 is 0. The number of rotatable bonds is 5. The molecule has 0 atom stereocenters. The Morgan fingerprint density at radius 2 is 2.18 bits per heavy atom. The van der Waals surface area contributed by atoms with Crippen molar-refractivity contribution in [1.82, 2.24) is 19.9 Å². The summed E-state index contributed by atoms with van der Waals surface area (Å²) in [4.78, 5) is 26.3. The third-order valence-electron chi connectivity index (χ3n) is 5.05. The normalized spacial score (nSPS) is 15.1. The minimum atomic E-state index is -0.0692. The van der Waals surface area contributed by atoms with Crippen LogP contribution in [0.1, 0.15) is 31.2 Å². The van der Waals surface area contributed by atoms with Crippen molar-refractivity contribution in [3.63, 3.8) is 0 Å². The van der Waals surface area contributed by atoms with Crippen LogP contribution in [-0.2, 0) is 17.8 Å². The van der Waals surface area contributed by atoms with E-state index in [1.165, 1.54) is 0 Å². The Hall–Kier alpha value is -2.93. The average molecular weight is 379 g/mol. The van der Waals surface area contributed by atoms with Crippen molar-refractivity contribution in [3.8, 4) is 0 Å². The van der Waals surface area contributed by atoms with Gasteiger partial charge < -0.3 is 19.9 Å².